The van der Waals surface area contributed by atoms with Crippen molar-refractivity contribution in [2.75, 3.05) is 6.54 Å². The molecule has 1 rings (SSSR count). The second-order valence-corrected chi connectivity index (χ2v) is 3.09. The summed E-state index contributed by atoms with van der Waals surface area (Å²) in [7, 11) is 0. The lowest BCUT2D eigenvalue weighted by Gasteiger charge is -2.07. The fraction of sp³-hybridized carbons (Fsp3) is 0.400. The zero-order valence-corrected chi connectivity index (χ0v) is 8.58. The third kappa shape index (κ3) is 2.45. The number of nitrogens with one attached hydrogen (secondary N) is 1. The van der Waals surface area contributed by atoms with Gasteiger partial charge in [-0.3, -0.25) is 4.79 Å². The van der Waals surface area contributed by atoms with E-state index in [2.05, 4.69) is 21.4 Å². The van der Waals surface area contributed by atoms with Crippen molar-refractivity contribution in [1.29, 1.82) is 0 Å². The van der Waals surface area contributed by atoms with Gasteiger partial charge >= 0.3 is 0 Å². The summed E-state index contributed by atoms with van der Waals surface area (Å²) in [5.74, 6) is 0.829. The molecule has 1 aromatic rings. The number of hydrogen-bond acceptors (Lipinski definition) is 2. The fourth-order valence-corrected chi connectivity index (χ4v) is 1.28. The molecule has 1 amide bonds. The minimum Gasteiger partial charge on any atom is -0.351 e. The van der Waals surface area contributed by atoms with Gasteiger partial charge in [-0.25, -0.2) is 4.98 Å². The molecule has 14 heavy (non-hydrogen) atoms. The third-order valence-corrected chi connectivity index (χ3v) is 2.07. The number of aromatic nitrogens is 2. The maximum atomic E-state index is 10.9. The Balaban J connectivity index is 2.46. The number of rotatable bonds is 4. The summed E-state index contributed by atoms with van der Waals surface area (Å²) in [6.07, 6.45) is 3.10. The lowest BCUT2D eigenvalue weighted by molar-refractivity contribution is -0.116. The molecule has 0 spiro atoms. The number of aryl methyl sites for hydroxylation is 2. The molecular weight excluding hydrogens is 178 g/mol. The topological polar surface area (TPSA) is 46.9 Å². The van der Waals surface area contributed by atoms with E-state index in [1.807, 2.05) is 20.0 Å². The van der Waals surface area contributed by atoms with Crippen molar-refractivity contribution in [2.45, 2.75) is 20.4 Å². The number of hydrogen-bond donors (Lipinski definition) is 1. The summed E-state index contributed by atoms with van der Waals surface area (Å²) in [6, 6.07) is 0. The molecule has 0 unspecified atom stereocenters. The lowest BCUT2D eigenvalue weighted by atomic mass is 10.4. The Labute approximate surface area is 83.6 Å². The second kappa shape index (κ2) is 4.60. The standard InChI is InChI=1S/C10H15N3O/c1-4-10(14)11-5-6-13-8(2)7-12-9(13)3/h4,7H,1,5-6H2,2-3H3,(H,11,14). The molecule has 1 aromatic heterocycles. The Morgan fingerprint density at radius 2 is 2.43 bits per heavy atom. The molecule has 76 valence electrons. The first-order chi connectivity index (χ1) is 6.65. The van der Waals surface area contributed by atoms with E-state index in [1.165, 1.54) is 6.08 Å². The molecule has 1 heterocycles. The molecule has 0 saturated carbocycles. The van der Waals surface area contributed by atoms with Crippen molar-refractivity contribution in [3.05, 3.63) is 30.4 Å². The third-order valence-electron chi connectivity index (χ3n) is 2.07. The van der Waals surface area contributed by atoms with E-state index in [-0.39, 0.29) is 5.91 Å². The van der Waals surface area contributed by atoms with E-state index in [1.54, 1.807) is 0 Å². The molecule has 4 nitrogen and oxygen atoms in total. The van der Waals surface area contributed by atoms with Crippen LogP contribution in [0.5, 0.6) is 0 Å². The lowest BCUT2D eigenvalue weighted by Crippen LogP contribution is -2.25. The van der Waals surface area contributed by atoms with Gasteiger partial charge in [-0.1, -0.05) is 6.58 Å². The SMILES string of the molecule is C=CC(=O)NCCn1c(C)cnc1C. The van der Waals surface area contributed by atoms with Crippen LogP contribution in [0, 0.1) is 13.8 Å². The predicted molar refractivity (Wildman–Crippen MR) is 54.9 cm³/mol. The number of amides is 1. The van der Waals surface area contributed by atoms with E-state index < -0.39 is 0 Å². The highest BCUT2D eigenvalue weighted by Gasteiger charge is 2.01. The number of nitrogens with zero attached hydrogens (tertiary/aromatic N) is 2. The van der Waals surface area contributed by atoms with Gasteiger partial charge in [0.15, 0.2) is 0 Å². The summed E-state index contributed by atoms with van der Waals surface area (Å²) in [6.45, 7) is 8.67. The monoisotopic (exact) mass is 193 g/mol. The molecule has 1 N–H and O–H groups in total. The van der Waals surface area contributed by atoms with Gasteiger partial charge in [0.1, 0.15) is 5.82 Å². The Kier molecular flexibility index (Phi) is 3.45. The Bertz CT molecular complexity index is 322. The van der Waals surface area contributed by atoms with Crippen molar-refractivity contribution in [2.24, 2.45) is 0 Å². The maximum absolute atomic E-state index is 10.9. The van der Waals surface area contributed by atoms with Crippen molar-refractivity contribution in [1.82, 2.24) is 14.9 Å². The highest BCUT2D eigenvalue weighted by atomic mass is 16.1. The first kappa shape index (κ1) is 10.5. The van der Waals surface area contributed by atoms with E-state index in [0.29, 0.717) is 6.54 Å². The minimum absolute atomic E-state index is 0.138. The van der Waals surface area contributed by atoms with E-state index in [4.69, 9.17) is 0 Å². The van der Waals surface area contributed by atoms with Crippen LogP contribution < -0.4 is 5.32 Å². The van der Waals surface area contributed by atoms with Crippen molar-refractivity contribution >= 4 is 5.91 Å². The average Bonchev–Trinajstić information content (AvgIpc) is 2.48. The molecule has 0 bridgehead atoms. The molecule has 0 aliphatic heterocycles. The van der Waals surface area contributed by atoms with Crippen molar-refractivity contribution in [3.8, 4) is 0 Å². The quantitative estimate of drug-likeness (QED) is 0.719. The molecule has 0 radical (unpaired) electrons. The van der Waals surface area contributed by atoms with Crippen LogP contribution in [0.4, 0.5) is 0 Å². The van der Waals surface area contributed by atoms with Crippen LogP contribution in [0.3, 0.4) is 0 Å². The van der Waals surface area contributed by atoms with Crippen molar-refractivity contribution in [3.63, 3.8) is 0 Å². The first-order valence-electron chi connectivity index (χ1n) is 4.54. The normalized spacial score (nSPS) is 9.86. The van der Waals surface area contributed by atoms with Gasteiger partial charge in [0.25, 0.3) is 0 Å². The van der Waals surface area contributed by atoms with Crippen LogP contribution in [-0.4, -0.2) is 22.0 Å². The highest BCUT2D eigenvalue weighted by molar-refractivity contribution is 5.86. The second-order valence-electron chi connectivity index (χ2n) is 3.09. The summed E-state index contributed by atoms with van der Waals surface area (Å²) >= 11 is 0. The Morgan fingerprint density at radius 1 is 1.71 bits per heavy atom. The molecule has 0 fully saturated rings. The van der Waals surface area contributed by atoms with Gasteiger partial charge < -0.3 is 9.88 Å². The van der Waals surface area contributed by atoms with Crippen molar-refractivity contribution < 1.29 is 4.79 Å². The Hall–Kier alpha value is -1.58. The van der Waals surface area contributed by atoms with Gasteiger partial charge in [-0.15, -0.1) is 0 Å². The molecule has 0 saturated heterocycles. The number of imidazole rings is 1. The van der Waals surface area contributed by atoms with Gasteiger partial charge in [0, 0.05) is 25.0 Å². The van der Waals surface area contributed by atoms with Gasteiger partial charge in [0.2, 0.25) is 5.91 Å². The smallest absolute Gasteiger partial charge is 0.243 e. The highest BCUT2D eigenvalue weighted by Crippen LogP contribution is 2.01. The van der Waals surface area contributed by atoms with E-state index >= 15 is 0 Å². The first-order valence-corrected chi connectivity index (χ1v) is 4.54. The zero-order chi connectivity index (χ0) is 10.6. The van der Waals surface area contributed by atoms with Crippen LogP contribution in [0.1, 0.15) is 11.5 Å². The minimum atomic E-state index is -0.138. The molecular formula is C10H15N3O. The van der Waals surface area contributed by atoms with Crippen LogP contribution in [-0.2, 0) is 11.3 Å². The zero-order valence-electron chi connectivity index (χ0n) is 8.58. The molecule has 0 aromatic carbocycles. The van der Waals surface area contributed by atoms with Crippen LogP contribution in [0.25, 0.3) is 0 Å². The summed E-state index contributed by atoms with van der Waals surface area (Å²) < 4.78 is 2.06. The van der Waals surface area contributed by atoms with Gasteiger partial charge in [-0.2, -0.15) is 0 Å². The summed E-state index contributed by atoms with van der Waals surface area (Å²) in [5.41, 5.74) is 1.11. The molecule has 0 aliphatic rings. The van der Waals surface area contributed by atoms with E-state index in [9.17, 15) is 4.79 Å². The van der Waals surface area contributed by atoms with Gasteiger partial charge in [-0.05, 0) is 19.9 Å². The fourth-order valence-electron chi connectivity index (χ4n) is 1.28. The van der Waals surface area contributed by atoms with Crippen LogP contribution in [0.2, 0.25) is 0 Å². The average molecular weight is 193 g/mol. The largest absolute Gasteiger partial charge is 0.351 e. The van der Waals surface area contributed by atoms with Crippen LogP contribution in [0.15, 0.2) is 18.9 Å². The Morgan fingerprint density at radius 3 is 2.93 bits per heavy atom. The van der Waals surface area contributed by atoms with Gasteiger partial charge in [0.05, 0.1) is 0 Å². The maximum Gasteiger partial charge on any atom is 0.243 e. The predicted octanol–water partition coefficient (Wildman–Crippen LogP) is 0.802. The number of carbonyl (C=O) groups excluding carboxylic acids is 1. The number of carbonyl (C=O) groups is 1. The summed E-state index contributed by atoms with van der Waals surface area (Å²) in [5, 5.41) is 2.72. The van der Waals surface area contributed by atoms with E-state index in [0.717, 1.165) is 18.1 Å². The van der Waals surface area contributed by atoms with Crippen LogP contribution >= 0.6 is 0 Å². The summed E-state index contributed by atoms with van der Waals surface area (Å²) in [4.78, 5) is 15.0. The molecule has 0 atom stereocenters. The molecule has 0 aliphatic carbocycles. The molecule has 4 heteroatoms.